The second kappa shape index (κ2) is 9.62. The number of nitrogens with zero attached hydrogens (tertiary/aromatic N) is 2. The first-order chi connectivity index (χ1) is 16.0. The van der Waals surface area contributed by atoms with Crippen molar-refractivity contribution in [3.05, 3.63) is 58.7 Å². The Bertz CT molecular complexity index is 1400. The van der Waals surface area contributed by atoms with Crippen molar-refractivity contribution in [2.45, 2.75) is 6.92 Å². The summed E-state index contributed by atoms with van der Waals surface area (Å²) in [5.74, 6) is 2.27. The van der Waals surface area contributed by atoms with Crippen LogP contribution in [0.25, 0.3) is 21.7 Å². The van der Waals surface area contributed by atoms with Gasteiger partial charge in [0.15, 0.2) is 11.5 Å². The number of fused-ring (bicyclic) bond motifs is 2. The molecule has 0 amide bonds. The number of aromatic nitrogens is 1. The number of methoxy groups -OCH3 is 2. The standard InChI is InChI=1S/C25H21Cl2N3O3/c1-14-6-19(27)21(11-22(14)31-2)30-25-17(12-28)13-29-20-8-16-10-24(33-5-4-26)23(32-3)9-15(16)7-18(20)25/h6-11,13H,4-5H2,1-3H3,(H,29,30). The molecule has 0 atom stereocenters. The molecule has 0 radical (unpaired) electrons. The van der Waals surface area contributed by atoms with E-state index in [4.69, 9.17) is 37.4 Å². The van der Waals surface area contributed by atoms with Crippen molar-refractivity contribution in [1.82, 2.24) is 4.98 Å². The summed E-state index contributed by atoms with van der Waals surface area (Å²) in [7, 11) is 3.19. The predicted octanol–water partition coefficient (Wildman–Crippen LogP) is 6.60. The van der Waals surface area contributed by atoms with Gasteiger partial charge in [0.05, 0.1) is 47.6 Å². The fourth-order valence-electron chi connectivity index (χ4n) is 3.69. The molecule has 0 aliphatic heterocycles. The fraction of sp³-hybridized carbons (Fsp3) is 0.200. The Morgan fingerprint density at radius 1 is 1.00 bits per heavy atom. The highest BCUT2D eigenvalue weighted by Gasteiger charge is 2.15. The van der Waals surface area contributed by atoms with Gasteiger partial charge in [-0.1, -0.05) is 11.6 Å². The van der Waals surface area contributed by atoms with Gasteiger partial charge in [0, 0.05) is 17.6 Å². The second-order valence-electron chi connectivity index (χ2n) is 7.34. The van der Waals surface area contributed by atoms with Crippen LogP contribution in [0.3, 0.4) is 0 Å². The van der Waals surface area contributed by atoms with Gasteiger partial charge in [0.2, 0.25) is 0 Å². The van der Waals surface area contributed by atoms with Crippen molar-refractivity contribution in [2.24, 2.45) is 0 Å². The quantitative estimate of drug-likeness (QED) is 0.236. The van der Waals surface area contributed by atoms with Crippen LogP contribution in [0, 0.1) is 18.3 Å². The van der Waals surface area contributed by atoms with Gasteiger partial charge in [-0.2, -0.15) is 5.26 Å². The fourth-order valence-corrected chi connectivity index (χ4v) is 4.03. The van der Waals surface area contributed by atoms with E-state index in [-0.39, 0.29) is 0 Å². The molecule has 0 saturated carbocycles. The maximum atomic E-state index is 9.75. The van der Waals surface area contributed by atoms with E-state index in [0.717, 1.165) is 21.7 Å². The molecule has 6 nitrogen and oxygen atoms in total. The van der Waals surface area contributed by atoms with Crippen LogP contribution in [-0.4, -0.2) is 31.7 Å². The number of pyridine rings is 1. The van der Waals surface area contributed by atoms with Gasteiger partial charge in [-0.15, -0.1) is 11.6 Å². The molecule has 3 aromatic carbocycles. The Balaban J connectivity index is 1.90. The van der Waals surface area contributed by atoms with Crippen LogP contribution in [0.2, 0.25) is 5.02 Å². The molecule has 33 heavy (non-hydrogen) atoms. The lowest BCUT2D eigenvalue weighted by Gasteiger charge is -2.16. The average molecular weight is 482 g/mol. The molecular formula is C25H21Cl2N3O3. The SMILES string of the molecule is COc1cc(Nc2c(C#N)cnc3cc4cc(OCCCl)c(OC)cc4cc23)c(Cl)cc1C. The largest absolute Gasteiger partial charge is 0.496 e. The molecule has 4 aromatic rings. The summed E-state index contributed by atoms with van der Waals surface area (Å²) in [6.45, 7) is 2.29. The third-order valence-corrected chi connectivity index (χ3v) is 5.78. The van der Waals surface area contributed by atoms with Crippen molar-refractivity contribution in [3.8, 4) is 23.3 Å². The minimum absolute atomic E-state index is 0.371. The Hall–Kier alpha value is -3.40. The third-order valence-electron chi connectivity index (χ3n) is 5.31. The topological polar surface area (TPSA) is 76.4 Å². The van der Waals surface area contributed by atoms with Crippen LogP contribution < -0.4 is 19.5 Å². The Morgan fingerprint density at radius 3 is 2.42 bits per heavy atom. The van der Waals surface area contributed by atoms with E-state index in [1.54, 1.807) is 20.4 Å². The Morgan fingerprint density at radius 2 is 1.73 bits per heavy atom. The lowest BCUT2D eigenvalue weighted by atomic mass is 10.0. The van der Waals surface area contributed by atoms with Gasteiger partial charge >= 0.3 is 0 Å². The number of rotatable bonds is 7. The van der Waals surface area contributed by atoms with Gasteiger partial charge in [0.25, 0.3) is 0 Å². The summed E-state index contributed by atoms with van der Waals surface area (Å²) in [5.41, 5.74) is 3.27. The highest BCUT2D eigenvalue weighted by molar-refractivity contribution is 6.33. The molecular weight excluding hydrogens is 461 g/mol. The smallest absolute Gasteiger partial charge is 0.161 e. The van der Waals surface area contributed by atoms with Crippen LogP contribution in [0.5, 0.6) is 17.2 Å². The summed E-state index contributed by atoms with van der Waals surface area (Å²) >= 11 is 12.3. The number of nitrogens with one attached hydrogen (secondary N) is 1. The zero-order valence-corrected chi connectivity index (χ0v) is 19.8. The first-order valence-electron chi connectivity index (χ1n) is 10.1. The highest BCUT2D eigenvalue weighted by Crippen LogP contribution is 2.39. The number of hydrogen-bond acceptors (Lipinski definition) is 6. The van der Waals surface area contributed by atoms with Gasteiger partial charge in [-0.3, -0.25) is 4.98 Å². The number of benzene rings is 3. The lowest BCUT2D eigenvalue weighted by Crippen LogP contribution is -2.01. The molecule has 0 bridgehead atoms. The molecule has 0 fully saturated rings. The van der Waals surface area contributed by atoms with E-state index in [2.05, 4.69) is 16.4 Å². The van der Waals surface area contributed by atoms with E-state index in [9.17, 15) is 5.26 Å². The van der Waals surface area contributed by atoms with Crippen molar-refractivity contribution in [1.29, 1.82) is 5.26 Å². The maximum Gasteiger partial charge on any atom is 0.161 e. The van der Waals surface area contributed by atoms with E-state index >= 15 is 0 Å². The zero-order chi connectivity index (χ0) is 23.5. The summed E-state index contributed by atoms with van der Waals surface area (Å²) in [6.07, 6.45) is 1.55. The van der Waals surface area contributed by atoms with Crippen LogP contribution in [0.1, 0.15) is 11.1 Å². The zero-order valence-electron chi connectivity index (χ0n) is 18.3. The van der Waals surface area contributed by atoms with E-state index in [1.165, 1.54) is 0 Å². The highest BCUT2D eigenvalue weighted by atomic mass is 35.5. The number of hydrogen-bond donors (Lipinski definition) is 1. The van der Waals surface area contributed by atoms with Crippen molar-refractivity contribution in [3.63, 3.8) is 0 Å². The summed E-state index contributed by atoms with van der Waals surface area (Å²) in [6, 6.07) is 13.6. The summed E-state index contributed by atoms with van der Waals surface area (Å²) in [4.78, 5) is 4.50. The average Bonchev–Trinajstić information content (AvgIpc) is 2.82. The van der Waals surface area contributed by atoms with Gasteiger partial charge in [-0.25, -0.2) is 0 Å². The van der Waals surface area contributed by atoms with Crippen molar-refractivity contribution < 1.29 is 14.2 Å². The first-order valence-corrected chi connectivity index (χ1v) is 11.0. The molecule has 1 N–H and O–H groups in total. The molecule has 0 spiro atoms. The number of halogens is 2. The normalized spacial score (nSPS) is 10.8. The van der Waals surface area contributed by atoms with Crippen molar-refractivity contribution >= 4 is 56.3 Å². The Labute approximate surface area is 201 Å². The monoisotopic (exact) mass is 481 g/mol. The van der Waals surface area contributed by atoms with Crippen LogP contribution in [0.4, 0.5) is 11.4 Å². The molecule has 0 unspecified atom stereocenters. The summed E-state index contributed by atoms with van der Waals surface area (Å²) in [5, 5.41) is 16.2. The Kier molecular flexibility index (Phi) is 6.64. The van der Waals surface area contributed by atoms with Crippen LogP contribution in [-0.2, 0) is 0 Å². The van der Waals surface area contributed by atoms with E-state index in [1.807, 2.05) is 43.3 Å². The number of aryl methyl sites for hydroxylation is 1. The second-order valence-corrected chi connectivity index (χ2v) is 8.13. The van der Waals surface area contributed by atoms with Crippen LogP contribution in [0.15, 0.2) is 42.6 Å². The molecule has 8 heteroatoms. The lowest BCUT2D eigenvalue weighted by molar-refractivity contribution is 0.313. The van der Waals surface area contributed by atoms with Crippen molar-refractivity contribution in [2.75, 3.05) is 32.0 Å². The molecule has 168 valence electrons. The van der Waals surface area contributed by atoms with E-state index < -0.39 is 0 Å². The minimum atomic E-state index is 0.371. The van der Waals surface area contributed by atoms with Gasteiger partial charge in [0.1, 0.15) is 18.4 Å². The number of anilines is 2. The minimum Gasteiger partial charge on any atom is -0.496 e. The van der Waals surface area contributed by atoms with Gasteiger partial charge < -0.3 is 19.5 Å². The third kappa shape index (κ3) is 4.43. The molecule has 0 aliphatic rings. The molecule has 4 rings (SSSR count). The molecule has 1 heterocycles. The number of nitriles is 1. The van der Waals surface area contributed by atoms with Gasteiger partial charge in [-0.05, 0) is 53.6 Å². The molecule has 1 aromatic heterocycles. The summed E-state index contributed by atoms with van der Waals surface area (Å²) < 4.78 is 16.7. The molecule has 0 saturated heterocycles. The number of alkyl halides is 1. The first kappa shape index (κ1) is 22.8. The number of ether oxygens (including phenoxy) is 3. The maximum absolute atomic E-state index is 9.75. The predicted molar refractivity (Wildman–Crippen MR) is 133 cm³/mol. The van der Waals surface area contributed by atoms with Crippen LogP contribution >= 0.6 is 23.2 Å². The molecule has 0 aliphatic carbocycles. The van der Waals surface area contributed by atoms with E-state index in [0.29, 0.717) is 57.2 Å².